The monoisotopic (exact) mass is 488 g/mol. The van der Waals surface area contributed by atoms with Crippen molar-refractivity contribution in [2.75, 3.05) is 82.0 Å². The van der Waals surface area contributed by atoms with E-state index in [1.54, 1.807) is 28.4 Å². The minimum atomic E-state index is -1.67. The quantitative estimate of drug-likeness (QED) is 0.0844. The zero-order chi connectivity index (χ0) is 24.8. The van der Waals surface area contributed by atoms with Gasteiger partial charge in [0.25, 0.3) is 0 Å². The minimum Gasteiger partial charge on any atom is -0.359 e. The van der Waals surface area contributed by atoms with Crippen molar-refractivity contribution in [2.24, 2.45) is 0 Å². The van der Waals surface area contributed by atoms with Crippen LogP contribution in [0, 0.1) is 11.5 Å². The van der Waals surface area contributed by atoms with Crippen LogP contribution in [0.4, 0.5) is 0 Å². The summed E-state index contributed by atoms with van der Waals surface area (Å²) < 4.78 is 42.8. The van der Waals surface area contributed by atoms with E-state index < -0.39 is 8.07 Å². The van der Waals surface area contributed by atoms with Crippen molar-refractivity contribution >= 4 is 8.07 Å². The molecule has 0 spiro atoms. The third kappa shape index (κ3) is 14.1. The molecule has 0 aromatic carbocycles. The predicted molar refractivity (Wildman–Crippen MR) is 131 cm³/mol. The van der Waals surface area contributed by atoms with E-state index in [9.17, 15) is 0 Å². The van der Waals surface area contributed by atoms with Gasteiger partial charge in [-0.05, 0) is 29.3 Å². The topological polar surface area (TPSA) is 73.8 Å². The third-order valence-electron chi connectivity index (χ3n) is 5.26. The Labute approximate surface area is 201 Å². The Bertz CT molecular complexity index is 597. The Kier molecular flexibility index (Phi) is 20.8. The molecule has 0 saturated heterocycles. The Hall–Kier alpha value is -1.06. The smallest absolute Gasteiger partial charge is 0.146 e. The largest absolute Gasteiger partial charge is 0.359 e. The van der Waals surface area contributed by atoms with E-state index in [1.165, 1.54) is 0 Å². The van der Waals surface area contributed by atoms with Gasteiger partial charge in [0.15, 0.2) is 0 Å². The van der Waals surface area contributed by atoms with Crippen LogP contribution in [-0.4, -0.2) is 90.1 Å². The van der Waals surface area contributed by atoms with Crippen molar-refractivity contribution in [2.45, 2.75) is 38.9 Å². The van der Waals surface area contributed by atoms with Gasteiger partial charge in [-0.15, -0.1) is 5.54 Å². The summed E-state index contributed by atoms with van der Waals surface area (Å²) in [5.74, 6) is 3.47. The molecule has 192 valence electrons. The van der Waals surface area contributed by atoms with Gasteiger partial charge in [0.1, 0.15) is 35.2 Å². The average Bonchev–Trinajstić information content (AvgIpc) is 2.84. The first-order valence-corrected chi connectivity index (χ1v) is 13.9. The number of ether oxygens (including phenoxy) is 8. The Morgan fingerprint density at radius 1 is 0.667 bits per heavy atom. The van der Waals surface area contributed by atoms with Crippen LogP contribution in [0.25, 0.3) is 0 Å². The SMILES string of the molecule is CC[Si](C#C/C(COCOC)=C(COCOC)/C(=C/COCOC)COCOC)(CC)CC. The molecule has 0 radical (unpaired) electrons. The third-order valence-corrected chi connectivity index (χ3v) is 9.98. The molecule has 0 bridgehead atoms. The summed E-state index contributed by atoms with van der Waals surface area (Å²) in [5.41, 5.74) is 6.28. The van der Waals surface area contributed by atoms with Gasteiger partial charge in [0.2, 0.25) is 0 Å². The minimum absolute atomic E-state index is 0.160. The molecule has 0 heterocycles. The maximum absolute atomic E-state index is 5.74. The van der Waals surface area contributed by atoms with E-state index in [2.05, 4.69) is 32.2 Å². The highest BCUT2D eigenvalue weighted by Crippen LogP contribution is 2.21. The lowest BCUT2D eigenvalue weighted by Crippen LogP contribution is -2.29. The molecule has 0 N–H and O–H groups in total. The highest BCUT2D eigenvalue weighted by molar-refractivity contribution is 6.87. The van der Waals surface area contributed by atoms with Gasteiger partial charge in [0.05, 0.1) is 26.4 Å². The molecule has 0 saturated carbocycles. The van der Waals surface area contributed by atoms with Crippen molar-refractivity contribution < 1.29 is 37.9 Å². The molecule has 0 fully saturated rings. The maximum Gasteiger partial charge on any atom is 0.146 e. The summed E-state index contributed by atoms with van der Waals surface area (Å²) in [4.78, 5) is 0. The van der Waals surface area contributed by atoms with Crippen LogP contribution in [0.3, 0.4) is 0 Å². The fourth-order valence-electron chi connectivity index (χ4n) is 3.04. The van der Waals surface area contributed by atoms with Crippen LogP contribution < -0.4 is 0 Å². The first kappa shape index (κ1) is 31.9. The molecule has 0 rings (SSSR count). The second-order valence-electron chi connectivity index (χ2n) is 7.32. The standard InChI is InChI=1S/C24H44O8Si/c1-8-33(9-2,10-3)14-12-23(16-31-20-27-6)24(17-32-21-28-7)22(15-30-19-26-5)11-13-29-18-25-4/h11H,8-10,13,15-21H2,1-7H3/b22-11+,24-23-. The number of rotatable bonds is 20. The van der Waals surface area contributed by atoms with Crippen molar-refractivity contribution in [3.05, 3.63) is 22.8 Å². The Morgan fingerprint density at radius 2 is 1.15 bits per heavy atom. The number of hydrogen-bond acceptors (Lipinski definition) is 8. The zero-order valence-corrected chi connectivity index (χ0v) is 22.6. The van der Waals surface area contributed by atoms with Crippen LogP contribution in [0.15, 0.2) is 22.8 Å². The molecule has 0 unspecified atom stereocenters. The highest BCUT2D eigenvalue weighted by Gasteiger charge is 2.24. The van der Waals surface area contributed by atoms with Crippen LogP contribution in [0.5, 0.6) is 0 Å². The lowest BCUT2D eigenvalue weighted by atomic mass is 10.0. The molecule has 0 aromatic heterocycles. The molecular formula is C24H44O8Si. The number of methoxy groups -OCH3 is 4. The molecule has 9 heteroatoms. The molecule has 8 nitrogen and oxygen atoms in total. The summed E-state index contributed by atoms with van der Waals surface area (Å²) in [5, 5.41) is 0. The van der Waals surface area contributed by atoms with Crippen molar-refractivity contribution in [3.63, 3.8) is 0 Å². The van der Waals surface area contributed by atoms with E-state index in [4.69, 9.17) is 37.9 Å². The summed E-state index contributed by atoms with van der Waals surface area (Å²) in [6.07, 6.45) is 1.95. The molecule has 0 aromatic rings. The molecule has 0 aliphatic rings. The molecule has 0 amide bonds. The zero-order valence-electron chi connectivity index (χ0n) is 21.6. The van der Waals surface area contributed by atoms with Gasteiger partial charge in [-0.3, -0.25) is 0 Å². The Morgan fingerprint density at radius 3 is 1.67 bits per heavy atom. The first-order chi connectivity index (χ1) is 16.1. The predicted octanol–water partition coefficient (Wildman–Crippen LogP) is 3.74. The fourth-order valence-corrected chi connectivity index (χ4v) is 5.49. The summed E-state index contributed by atoms with van der Waals surface area (Å²) in [6.45, 7) is 8.65. The Balaban J connectivity index is 6.36. The fraction of sp³-hybridized carbons (Fsp3) is 0.750. The maximum atomic E-state index is 5.74. The normalized spacial score (nSPS) is 13.0. The molecule has 0 atom stereocenters. The van der Waals surface area contributed by atoms with Crippen LogP contribution in [0.2, 0.25) is 18.1 Å². The van der Waals surface area contributed by atoms with E-state index in [0.29, 0.717) is 26.4 Å². The van der Waals surface area contributed by atoms with Gasteiger partial charge in [0, 0.05) is 34.0 Å². The van der Waals surface area contributed by atoms with Gasteiger partial charge in [-0.1, -0.05) is 32.8 Å². The molecule has 0 aliphatic carbocycles. The second-order valence-corrected chi connectivity index (χ2v) is 12.3. The summed E-state index contributed by atoms with van der Waals surface area (Å²) in [6, 6.07) is 3.33. The summed E-state index contributed by atoms with van der Waals surface area (Å²) >= 11 is 0. The lowest BCUT2D eigenvalue weighted by molar-refractivity contribution is -0.0300. The summed E-state index contributed by atoms with van der Waals surface area (Å²) in [7, 11) is 4.68. The molecular weight excluding hydrogens is 444 g/mol. The first-order valence-electron chi connectivity index (χ1n) is 11.3. The van der Waals surface area contributed by atoms with Crippen molar-refractivity contribution in [3.8, 4) is 11.5 Å². The lowest BCUT2D eigenvalue weighted by Gasteiger charge is -2.21. The van der Waals surface area contributed by atoms with Gasteiger partial charge in [-0.25, -0.2) is 0 Å². The molecule has 0 aliphatic heterocycles. The average molecular weight is 489 g/mol. The van der Waals surface area contributed by atoms with Gasteiger partial charge in [-0.2, -0.15) is 0 Å². The van der Waals surface area contributed by atoms with E-state index in [-0.39, 0.29) is 27.2 Å². The van der Waals surface area contributed by atoms with E-state index in [0.717, 1.165) is 34.9 Å². The van der Waals surface area contributed by atoms with E-state index in [1.807, 2.05) is 6.08 Å². The van der Waals surface area contributed by atoms with Crippen LogP contribution in [-0.2, 0) is 37.9 Å². The van der Waals surface area contributed by atoms with Crippen LogP contribution in [0.1, 0.15) is 20.8 Å². The van der Waals surface area contributed by atoms with Crippen LogP contribution >= 0.6 is 0 Å². The van der Waals surface area contributed by atoms with Gasteiger partial charge < -0.3 is 37.9 Å². The molecule has 33 heavy (non-hydrogen) atoms. The van der Waals surface area contributed by atoms with E-state index >= 15 is 0 Å². The highest BCUT2D eigenvalue weighted by atomic mass is 28.3. The second kappa shape index (κ2) is 21.5. The van der Waals surface area contributed by atoms with Crippen molar-refractivity contribution in [1.29, 1.82) is 0 Å². The van der Waals surface area contributed by atoms with Gasteiger partial charge >= 0.3 is 0 Å². The van der Waals surface area contributed by atoms with Crippen molar-refractivity contribution in [1.82, 2.24) is 0 Å². The number of hydrogen-bond donors (Lipinski definition) is 0.